The van der Waals surface area contributed by atoms with Crippen LogP contribution in [0.15, 0.2) is 48.5 Å². The molecule has 0 fully saturated rings. The average Bonchev–Trinajstić information content (AvgIpc) is 2.53. The van der Waals surface area contributed by atoms with Crippen molar-refractivity contribution in [1.82, 2.24) is 0 Å². The summed E-state index contributed by atoms with van der Waals surface area (Å²) in [5.41, 5.74) is 6.94. The van der Waals surface area contributed by atoms with Crippen LogP contribution < -0.4 is 15.2 Å². The molecule has 0 spiro atoms. The molecule has 116 valence electrons. The fourth-order valence-electron chi connectivity index (χ4n) is 2.72. The maximum Gasteiger partial charge on any atom is 0.143 e. The van der Waals surface area contributed by atoms with Crippen LogP contribution in [0.2, 0.25) is 0 Å². The molecule has 2 aromatic rings. The number of benzene rings is 2. The van der Waals surface area contributed by atoms with Gasteiger partial charge >= 0.3 is 0 Å². The Morgan fingerprint density at radius 1 is 1.23 bits per heavy atom. The van der Waals surface area contributed by atoms with Gasteiger partial charge in [-0.05, 0) is 30.7 Å². The maximum absolute atomic E-state index is 10.3. The third kappa shape index (κ3) is 3.08. The van der Waals surface area contributed by atoms with E-state index in [0.717, 1.165) is 22.6 Å². The molecule has 0 radical (unpaired) electrons. The van der Waals surface area contributed by atoms with E-state index in [-0.39, 0.29) is 0 Å². The summed E-state index contributed by atoms with van der Waals surface area (Å²) < 4.78 is 11.9. The minimum atomic E-state index is -0.555. The molecule has 0 saturated heterocycles. The minimum Gasteiger partial charge on any atom is -0.489 e. The highest BCUT2D eigenvalue weighted by molar-refractivity contribution is 5.38. The molecule has 2 atom stereocenters. The molecule has 3 rings (SSSR count). The number of hydrogen-bond donors (Lipinski definition) is 2. The van der Waals surface area contributed by atoms with Crippen LogP contribution in [0.5, 0.6) is 11.5 Å². The van der Waals surface area contributed by atoms with Crippen LogP contribution >= 0.6 is 0 Å². The van der Waals surface area contributed by atoms with Crippen molar-refractivity contribution in [3.63, 3.8) is 0 Å². The predicted octanol–water partition coefficient (Wildman–Crippen LogP) is 2.80. The van der Waals surface area contributed by atoms with Crippen LogP contribution in [-0.2, 0) is 6.54 Å². The van der Waals surface area contributed by atoms with Gasteiger partial charge in [0.25, 0.3) is 0 Å². The Kier molecular flexibility index (Phi) is 4.05. The molecule has 2 aromatic carbocycles. The van der Waals surface area contributed by atoms with E-state index in [9.17, 15) is 5.11 Å². The Morgan fingerprint density at radius 2 is 1.95 bits per heavy atom. The summed E-state index contributed by atoms with van der Waals surface area (Å²) in [6.07, 6.45) is -0.0246. The molecule has 0 amide bonds. The van der Waals surface area contributed by atoms with Crippen LogP contribution in [0.4, 0.5) is 0 Å². The van der Waals surface area contributed by atoms with Gasteiger partial charge < -0.3 is 20.3 Å². The highest BCUT2D eigenvalue weighted by Crippen LogP contribution is 2.39. The summed E-state index contributed by atoms with van der Waals surface area (Å²) in [7, 11) is 0. The predicted molar refractivity (Wildman–Crippen MR) is 84.9 cm³/mol. The Hall–Kier alpha value is -2.04. The van der Waals surface area contributed by atoms with Gasteiger partial charge in [-0.15, -0.1) is 0 Å². The summed E-state index contributed by atoms with van der Waals surface area (Å²) in [5, 5.41) is 10.3. The topological polar surface area (TPSA) is 64.7 Å². The monoisotopic (exact) mass is 299 g/mol. The molecule has 2 unspecified atom stereocenters. The van der Waals surface area contributed by atoms with Gasteiger partial charge in [-0.2, -0.15) is 0 Å². The molecular formula is C18H21NO3. The van der Waals surface area contributed by atoms with Crippen molar-refractivity contribution >= 4 is 0 Å². The Balaban J connectivity index is 1.69. The first-order valence-electron chi connectivity index (χ1n) is 7.47. The Morgan fingerprint density at radius 3 is 2.68 bits per heavy atom. The molecule has 3 N–H and O–H groups in total. The first-order valence-corrected chi connectivity index (χ1v) is 7.47. The molecule has 1 aliphatic rings. The zero-order valence-electron chi connectivity index (χ0n) is 12.7. The molecule has 0 saturated carbocycles. The Labute approximate surface area is 130 Å². The lowest BCUT2D eigenvalue weighted by Crippen LogP contribution is -2.43. The summed E-state index contributed by atoms with van der Waals surface area (Å²) >= 11 is 0. The fraction of sp³-hybridized carbons (Fsp3) is 0.333. The molecule has 1 aliphatic heterocycles. The molecule has 22 heavy (non-hydrogen) atoms. The van der Waals surface area contributed by atoms with Crippen molar-refractivity contribution in [3.05, 3.63) is 59.7 Å². The van der Waals surface area contributed by atoms with Gasteiger partial charge in [-0.1, -0.05) is 30.3 Å². The Bertz CT molecular complexity index is 641. The minimum absolute atomic E-state index is 0.375. The number of nitrogens with two attached hydrogens (primary N) is 1. The molecule has 1 heterocycles. The van der Waals surface area contributed by atoms with E-state index in [1.807, 2.05) is 55.5 Å². The molecule has 0 aliphatic carbocycles. The van der Waals surface area contributed by atoms with Gasteiger partial charge in [0.05, 0.1) is 6.10 Å². The lowest BCUT2D eigenvalue weighted by Gasteiger charge is -2.37. The highest BCUT2D eigenvalue weighted by atomic mass is 16.5. The zero-order valence-corrected chi connectivity index (χ0v) is 12.7. The second kappa shape index (κ2) is 5.99. The van der Waals surface area contributed by atoms with E-state index in [2.05, 4.69) is 0 Å². The summed E-state index contributed by atoms with van der Waals surface area (Å²) in [4.78, 5) is 0. The molecule has 4 heteroatoms. The van der Waals surface area contributed by atoms with Crippen LogP contribution in [0.1, 0.15) is 30.6 Å². The second-order valence-electron chi connectivity index (χ2n) is 5.95. The quantitative estimate of drug-likeness (QED) is 0.911. The smallest absolute Gasteiger partial charge is 0.143 e. The summed E-state index contributed by atoms with van der Waals surface area (Å²) in [6, 6.07) is 15.3. The van der Waals surface area contributed by atoms with E-state index in [4.69, 9.17) is 15.2 Å². The zero-order chi connectivity index (χ0) is 15.6. The van der Waals surface area contributed by atoms with Crippen molar-refractivity contribution in [2.24, 2.45) is 5.73 Å². The second-order valence-corrected chi connectivity index (χ2v) is 5.95. The van der Waals surface area contributed by atoms with Crippen molar-refractivity contribution in [2.75, 3.05) is 6.61 Å². The lowest BCUT2D eigenvalue weighted by molar-refractivity contribution is -0.0301. The normalized spacial score (nSPS) is 23.5. The highest BCUT2D eigenvalue weighted by Gasteiger charge is 2.37. The number of ether oxygens (including phenoxy) is 2. The number of rotatable bonds is 4. The van der Waals surface area contributed by atoms with Crippen LogP contribution in [0.25, 0.3) is 0 Å². The largest absolute Gasteiger partial charge is 0.489 e. The third-order valence-corrected chi connectivity index (χ3v) is 3.96. The van der Waals surface area contributed by atoms with Crippen LogP contribution in [-0.4, -0.2) is 17.3 Å². The van der Waals surface area contributed by atoms with E-state index in [0.29, 0.717) is 19.6 Å². The van der Waals surface area contributed by atoms with Crippen LogP contribution in [0, 0.1) is 0 Å². The van der Waals surface area contributed by atoms with Crippen molar-refractivity contribution in [2.45, 2.75) is 31.6 Å². The van der Waals surface area contributed by atoms with Gasteiger partial charge in [0, 0.05) is 18.5 Å². The number of aliphatic hydroxyl groups is 1. The fourth-order valence-corrected chi connectivity index (χ4v) is 2.72. The first-order chi connectivity index (χ1) is 10.6. The molecule has 0 aromatic heterocycles. The van der Waals surface area contributed by atoms with Gasteiger partial charge in [-0.25, -0.2) is 0 Å². The standard InChI is InChI=1S/C18H21NO3/c1-18(12-21-14-8-6-13(11-19)7-9-14)10-16(20)15-4-2-3-5-17(15)22-18/h2-9,16,20H,10-12,19H2,1H3. The van der Waals surface area contributed by atoms with E-state index in [1.54, 1.807) is 0 Å². The van der Waals surface area contributed by atoms with E-state index in [1.165, 1.54) is 0 Å². The van der Waals surface area contributed by atoms with Crippen molar-refractivity contribution < 1.29 is 14.6 Å². The van der Waals surface area contributed by atoms with Gasteiger partial charge in [0.15, 0.2) is 0 Å². The molecular weight excluding hydrogens is 278 g/mol. The average molecular weight is 299 g/mol. The van der Waals surface area contributed by atoms with Crippen molar-refractivity contribution in [3.8, 4) is 11.5 Å². The third-order valence-electron chi connectivity index (χ3n) is 3.96. The molecule has 0 bridgehead atoms. The summed E-state index contributed by atoms with van der Waals surface area (Å²) in [6.45, 7) is 2.85. The molecule has 4 nitrogen and oxygen atoms in total. The number of para-hydroxylation sites is 1. The SMILES string of the molecule is CC1(COc2ccc(CN)cc2)CC(O)c2ccccc2O1. The summed E-state index contributed by atoms with van der Waals surface area (Å²) in [5.74, 6) is 1.50. The van der Waals surface area contributed by atoms with Crippen LogP contribution in [0.3, 0.4) is 0 Å². The van der Waals surface area contributed by atoms with Gasteiger partial charge in [0.2, 0.25) is 0 Å². The van der Waals surface area contributed by atoms with E-state index >= 15 is 0 Å². The number of fused-ring (bicyclic) bond motifs is 1. The first kappa shape index (κ1) is 14.9. The van der Waals surface area contributed by atoms with E-state index < -0.39 is 11.7 Å². The lowest BCUT2D eigenvalue weighted by atomic mass is 9.91. The maximum atomic E-state index is 10.3. The number of aliphatic hydroxyl groups excluding tert-OH is 1. The van der Waals surface area contributed by atoms with Gasteiger partial charge in [-0.3, -0.25) is 0 Å². The van der Waals surface area contributed by atoms with Crippen molar-refractivity contribution in [1.29, 1.82) is 0 Å². The number of hydrogen-bond acceptors (Lipinski definition) is 4. The van der Waals surface area contributed by atoms with Gasteiger partial charge in [0.1, 0.15) is 23.7 Å².